The first kappa shape index (κ1) is 12.4. The molecule has 0 fully saturated rings. The Labute approximate surface area is 97.4 Å². The van der Waals surface area contributed by atoms with Crippen molar-refractivity contribution in [3.05, 3.63) is 0 Å². The van der Waals surface area contributed by atoms with Crippen molar-refractivity contribution in [2.75, 3.05) is 30.5 Å². The second-order valence-electron chi connectivity index (χ2n) is 2.76. The van der Waals surface area contributed by atoms with Crippen LogP contribution in [0, 0.1) is 22.7 Å². The number of anilines is 2. The summed E-state index contributed by atoms with van der Waals surface area (Å²) in [6.07, 6.45) is 0. The third-order valence-electron chi connectivity index (χ3n) is 1.72. The Morgan fingerprint density at radius 1 is 1.29 bits per heavy atom. The Hall–Kier alpha value is -2.65. The molecule has 1 aromatic rings. The quantitative estimate of drug-likeness (QED) is 0.374. The van der Waals surface area contributed by atoms with Gasteiger partial charge in [0, 0.05) is 0 Å². The summed E-state index contributed by atoms with van der Waals surface area (Å²) in [7, 11) is 1.39. The van der Waals surface area contributed by atoms with E-state index in [1.165, 1.54) is 12.0 Å². The number of methoxy groups -OCH3 is 1. The molecule has 1 heterocycles. The minimum atomic E-state index is -0.0231. The Kier molecular flexibility index (Phi) is 4.42. The normalized spacial score (nSPS) is 8.94. The van der Waals surface area contributed by atoms with E-state index >= 15 is 0 Å². The highest BCUT2D eigenvalue weighted by Crippen LogP contribution is 2.13. The minimum Gasteiger partial charge on any atom is -0.467 e. The standard InChI is InChI=1S/C8H10N8O/c1-17-8-13-6(15-11)12-7(14-8)16(4-2-9)5-3-10/h4-5,11H2,1H3,(H,12,13,14,15). The van der Waals surface area contributed by atoms with E-state index in [-0.39, 0.29) is 31.0 Å². The summed E-state index contributed by atoms with van der Waals surface area (Å²) in [4.78, 5) is 13.0. The van der Waals surface area contributed by atoms with Gasteiger partial charge in [-0.05, 0) is 0 Å². The van der Waals surface area contributed by atoms with Gasteiger partial charge in [0.25, 0.3) is 0 Å². The van der Waals surface area contributed by atoms with E-state index in [0.717, 1.165) is 0 Å². The van der Waals surface area contributed by atoms with Crippen LogP contribution in [0.4, 0.5) is 11.9 Å². The first-order chi connectivity index (χ1) is 8.24. The zero-order valence-corrected chi connectivity index (χ0v) is 9.08. The highest BCUT2D eigenvalue weighted by atomic mass is 16.5. The molecule has 3 N–H and O–H groups in total. The molecule has 88 valence electrons. The molecule has 0 amide bonds. The minimum absolute atomic E-state index is 0.0231. The zero-order valence-electron chi connectivity index (χ0n) is 9.08. The molecule has 0 atom stereocenters. The summed E-state index contributed by atoms with van der Waals surface area (Å²) in [6, 6.07) is 3.86. The number of hydrogen-bond acceptors (Lipinski definition) is 9. The van der Waals surface area contributed by atoms with Crippen LogP contribution in [0.3, 0.4) is 0 Å². The van der Waals surface area contributed by atoms with Gasteiger partial charge in [0.05, 0.1) is 19.2 Å². The smallest absolute Gasteiger partial charge is 0.322 e. The molecule has 0 aliphatic rings. The van der Waals surface area contributed by atoms with Gasteiger partial charge >= 0.3 is 6.01 Å². The van der Waals surface area contributed by atoms with Crippen molar-refractivity contribution in [2.24, 2.45) is 5.84 Å². The number of nitrogens with one attached hydrogen (secondary N) is 1. The molecule has 0 unspecified atom stereocenters. The molecule has 0 radical (unpaired) electrons. The number of rotatable bonds is 5. The lowest BCUT2D eigenvalue weighted by Crippen LogP contribution is -2.27. The molecule has 0 aromatic carbocycles. The summed E-state index contributed by atoms with van der Waals surface area (Å²) >= 11 is 0. The van der Waals surface area contributed by atoms with Crippen LogP contribution >= 0.6 is 0 Å². The van der Waals surface area contributed by atoms with Gasteiger partial charge in [0.2, 0.25) is 11.9 Å². The Morgan fingerprint density at radius 3 is 2.41 bits per heavy atom. The molecule has 0 aliphatic heterocycles. The summed E-state index contributed by atoms with van der Waals surface area (Å²) in [6.45, 7) is -0.0462. The van der Waals surface area contributed by atoms with Crippen molar-refractivity contribution in [3.63, 3.8) is 0 Å². The average molecular weight is 234 g/mol. The largest absolute Gasteiger partial charge is 0.467 e. The molecule has 9 heteroatoms. The van der Waals surface area contributed by atoms with Gasteiger partial charge in [-0.15, -0.1) is 0 Å². The molecule has 17 heavy (non-hydrogen) atoms. The summed E-state index contributed by atoms with van der Waals surface area (Å²) in [5, 5.41) is 17.3. The van der Waals surface area contributed by atoms with Crippen LogP contribution in [0.5, 0.6) is 6.01 Å². The number of hydrazine groups is 1. The second-order valence-corrected chi connectivity index (χ2v) is 2.76. The predicted molar refractivity (Wildman–Crippen MR) is 57.6 cm³/mol. The maximum absolute atomic E-state index is 8.63. The van der Waals surface area contributed by atoms with Gasteiger partial charge in [0.15, 0.2) is 0 Å². The van der Waals surface area contributed by atoms with E-state index in [1.54, 1.807) is 0 Å². The fourth-order valence-electron chi connectivity index (χ4n) is 1.01. The van der Waals surface area contributed by atoms with Gasteiger partial charge < -0.3 is 9.64 Å². The molecule has 0 saturated heterocycles. The van der Waals surface area contributed by atoms with Gasteiger partial charge in [-0.25, -0.2) is 5.84 Å². The maximum Gasteiger partial charge on any atom is 0.322 e. The topological polar surface area (TPSA) is 137 Å². The van der Waals surface area contributed by atoms with Gasteiger partial charge in [-0.1, -0.05) is 0 Å². The van der Waals surface area contributed by atoms with Crippen LogP contribution < -0.4 is 20.9 Å². The number of nitrogens with two attached hydrogens (primary N) is 1. The van der Waals surface area contributed by atoms with Crippen LogP contribution in [0.2, 0.25) is 0 Å². The molecular weight excluding hydrogens is 224 g/mol. The molecule has 9 nitrogen and oxygen atoms in total. The van der Waals surface area contributed by atoms with Crippen LogP contribution in [0.1, 0.15) is 0 Å². The van der Waals surface area contributed by atoms with Gasteiger partial charge in [0.1, 0.15) is 13.1 Å². The number of nitriles is 2. The lowest BCUT2D eigenvalue weighted by atomic mass is 10.5. The molecule has 0 bridgehead atoms. The number of hydrogen-bond donors (Lipinski definition) is 2. The number of nitrogens with zero attached hydrogens (tertiary/aromatic N) is 6. The third kappa shape index (κ3) is 3.15. The van der Waals surface area contributed by atoms with Crippen molar-refractivity contribution < 1.29 is 4.74 Å². The van der Waals surface area contributed by atoms with Gasteiger partial charge in [-0.3, -0.25) is 5.43 Å². The molecule has 0 aliphatic carbocycles. The van der Waals surface area contributed by atoms with Crippen molar-refractivity contribution >= 4 is 11.9 Å². The lowest BCUT2D eigenvalue weighted by Gasteiger charge is -2.16. The Morgan fingerprint density at radius 2 is 1.94 bits per heavy atom. The van der Waals surface area contributed by atoms with E-state index < -0.39 is 0 Å². The highest BCUT2D eigenvalue weighted by molar-refractivity contribution is 5.39. The van der Waals surface area contributed by atoms with Crippen molar-refractivity contribution in [1.29, 1.82) is 10.5 Å². The zero-order chi connectivity index (χ0) is 12.7. The number of ether oxygens (including phenoxy) is 1. The van der Waals surface area contributed by atoms with Crippen molar-refractivity contribution in [3.8, 4) is 18.1 Å². The Bertz CT molecular complexity index is 423. The molecule has 0 spiro atoms. The van der Waals surface area contributed by atoms with E-state index in [1.807, 2.05) is 12.1 Å². The average Bonchev–Trinajstić information content (AvgIpc) is 2.37. The van der Waals surface area contributed by atoms with E-state index in [0.29, 0.717) is 0 Å². The number of aromatic nitrogens is 3. The maximum atomic E-state index is 8.63. The van der Waals surface area contributed by atoms with Crippen molar-refractivity contribution in [2.45, 2.75) is 0 Å². The third-order valence-corrected chi connectivity index (χ3v) is 1.72. The van der Waals surface area contributed by atoms with E-state index in [4.69, 9.17) is 21.1 Å². The summed E-state index contributed by atoms with van der Waals surface area (Å²) in [5.41, 5.74) is 2.25. The van der Waals surface area contributed by atoms with E-state index in [9.17, 15) is 0 Å². The van der Waals surface area contributed by atoms with Crippen molar-refractivity contribution in [1.82, 2.24) is 15.0 Å². The van der Waals surface area contributed by atoms with Crippen LogP contribution in [0.15, 0.2) is 0 Å². The monoisotopic (exact) mass is 234 g/mol. The van der Waals surface area contributed by atoms with Crippen LogP contribution in [-0.2, 0) is 0 Å². The Balaban J connectivity index is 3.09. The van der Waals surface area contributed by atoms with Gasteiger partial charge in [-0.2, -0.15) is 25.5 Å². The highest BCUT2D eigenvalue weighted by Gasteiger charge is 2.13. The first-order valence-electron chi connectivity index (χ1n) is 4.50. The molecule has 0 saturated carbocycles. The van der Waals surface area contributed by atoms with E-state index in [2.05, 4.69) is 20.4 Å². The summed E-state index contributed by atoms with van der Waals surface area (Å²) < 4.78 is 4.85. The first-order valence-corrected chi connectivity index (χ1v) is 4.50. The SMILES string of the molecule is COc1nc(NN)nc(N(CC#N)CC#N)n1. The predicted octanol–water partition coefficient (Wildman–Crippen LogP) is -0.981. The molecule has 1 rings (SSSR count). The molecular formula is C8H10N8O. The van der Waals surface area contributed by atoms with Crippen LogP contribution in [0.25, 0.3) is 0 Å². The molecule has 1 aromatic heterocycles. The fourth-order valence-corrected chi connectivity index (χ4v) is 1.01. The number of nitrogen functional groups attached to an aromatic ring is 1. The second kappa shape index (κ2) is 6.05. The van der Waals surface area contributed by atoms with Crippen LogP contribution in [-0.4, -0.2) is 35.2 Å². The lowest BCUT2D eigenvalue weighted by molar-refractivity contribution is 0.379. The fraction of sp³-hybridized carbons (Fsp3) is 0.375. The summed E-state index contributed by atoms with van der Waals surface area (Å²) in [5.74, 6) is 5.42.